The first kappa shape index (κ1) is 59.1. The van der Waals surface area contributed by atoms with Gasteiger partial charge in [0.1, 0.15) is 31.8 Å². The van der Waals surface area contributed by atoms with Crippen LogP contribution in [0.5, 0.6) is 0 Å². The van der Waals surface area contributed by atoms with Crippen molar-refractivity contribution >= 4 is 23.9 Å². The van der Waals surface area contributed by atoms with Crippen LogP contribution in [0.1, 0.15) is 226 Å². The molecule has 360 valence electrons. The van der Waals surface area contributed by atoms with Crippen LogP contribution < -0.4 is 0 Å². The fourth-order valence-corrected chi connectivity index (χ4v) is 6.87. The first-order valence-electron chi connectivity index (χ1n) is 25.4. The van der Waals surface area contributed by atoms with E-state index in [0.717, 1.165) is 122 Å². The Bertz CT molecular complexity index is 1050. The SMILES string of the molecule is CCCCC=CCCCCCCCC(=O)OCC(COC(=O)CCCCCCCC=CCCCC)(COC(=O)CCCCCCCC=CCCCC)COC(=O)CCCN(C)C. The first-order chi connectivity index (χ1) is 30.2. The number of hydrogen-bond acceptors (Lipinski definition) is 9. The van der Waals surface area contributed by atoms with Gasteiger partial charge in [-0.05, 0) is 104 Å². The molecule has 0 rings (SSSR count). The predicted molar refractivity (Wildman–Crippen MR) is 257 cm³/mol. The number of carbonyl (C=O) groups excluding carboxylic acids is 4. The van der Waals surface area contributed by atoms with Crippen LogP contribution in [-0.2, 0) is 38.1 Å². The fraction of sp³-hybridized carbons (Fsp3) is 0.811. The quantitative estimate of drug-likeness (QED) is 0.0256. The number of unbranched alkanes of at least 4 members (excludes halogenated alkanes) is 21. The zero-order valence-corrected chi connectivity index (χ0v) is 40.8. The number of allylic oxidation sites excluding steroid dienone is 6. The Morgan fingerprint density at radius 3 is 0.871 bits per heavy atom. The third-order valence-electron chi connectivity index (χ3n) is 11.1. The largest absolute Gasteiger partial charge is 0.465 e. The summed E-state index contributed by atoms with van der Waals surface area (Å²) in [7, 11) is 3.90. The minimum atomic E-state index is -1.22. The molecule has 0 bridgehead atoms. The van der Waals surface area contributed by atoms with Gasteiger partial charge < -0.3 is 23.8 Å². The Labute approximate surface area is 381 Å². The number of esters is 4. The van der Waals surface area contributed by atoms with E-state index in [4.69, 9.17) is 18.9 Å². The molecule has 0 aliphatic heterocycles. The van der Waals surface area contributed by atoms with Crippen molar-refractivity contribution in [3.63, 3.8) is 0 Å². The van der Waals surface area contributed by atoms with Crippen LogP contribution in [0, 0.1) is 5.41 Å². The zero-order valence-electron chi connectivity index (χ0n) is 40.8. The third kappa shape index (κ3) is 41.1. The van der Waals surface area contributed by atoms with E-state index in [9.17, 15) is 19.2 Å². The summed E-state index contributed by atoms with van der Waals surface area (Å²) < 4.78 is 23.2. The molecule has 0 aromatic carbocycles. The summed E-state index contributed by atoms with van der Waals surface area (Å²) in [6.07, 6.45) is 44.4. The minimum absolute atomic E-state index is 0.193. The predicted octanol–water partition coefficient (Wildman–Crippen LogP) is 13.9. The molecule has 0 unspecified atom stereocenters. The van der Waals surface area contributed by atoms with Crippen LogP contribution in [0.3, 0.4) is 0 Å². The second-order valence-corrected chi connectivity index (χ2v) is 17.8. The maximum atomic E-state index is 13.1. The van der Waals surface area contributed by atoms with E-state index in [1.165, 1.54) is 38.5 Å². The Morgan fingerprint density at radius 1 is 0.355 bits per heavy atom. The van der Waals surface area contributed by atoms with Gasteiger partial charge in [0.25, 0.3) is 0 Å². The lowest BCUT2D eigenvalue weighted by atomic mass is 9.92. The van der Waals surface area contributed by atoms with Crippen LogP contribution >= 0.6 is 0 Å². The van der Waals surface area contributed by atoms with Crippen molar-refractivity contribution in [2.45, 2.75) is 226 Å². The molecule has 0 aliphatic rings. The smallest absolute Gasteiger partial charge is 0.305 e. The molecule has 0 fully saturated rings. The lowest BCUT2D eigenvalue weighted by Gasteiger charge is -2.31. The van der Waals surface area contributed by atoms with Gasteiger partial charge in [-0.15, -0.1) is 0 Å². The van der Waals surface area contributed by atoms with Crippen LogP contribution in [-0.4, -0.2) is 75.8 Å². The zero-order chi connectivity index (χ0) is 45.6. The summed E-state index contributed by atoms with van der Waals surface area (Å²) in [5.74, 6) is -1.49. The monoisotopic (exact) mass is 874 g/mol. The maximum absolute atomic E-state index is 13.1. The lowest BCUT2D eigenvalue weighted by Crippen LogP contribution is -2.44. The fourth-order valence-electron chi connectivity index (χ4n) is 6.87. The van der Waals surface area contributed by atoms with Gasteiger partial charge in [-0.2, -0.15) is 0 Å². The second kappa shape index (κ2) is 44.7. The van der Waals surface area contributed by atoms with Crippen LogP contribution in [0.2, 0.25) is 0 Å². The molecule has 9 heteroatoms. The number of hydrogen-bond donors (Lipinski definition) is 0. The molecule has 0 aromatic rings. The highest BCUT2D eigenvalue weighted by atomic mass is 16.6. The molecule has 0 heterocycles. The molecule has 62 heavy (non-hydrogen) atoms. The number of carbonyl (C=O) groups is 4. The maximum Gasteiger partial charge on any atom is 0.305 e. The molecular weight excluding hydrogens is 779 g/mol. The summed E-state index contributed by atoms with van der Waals surface area (Å²) in [6, 6.07) is 0. The van der Waals surface area contributed by atoms with Gasteiger partial charge in [0, 0.05) is 25.7 Å². The highest BCUT2D eigenvalue weighted by Crippen LogP contribution is 2.24. The van der Waals surface area contributed by atoms with Crippen molar-refractivity contribution < 1.29 is 38.1 Å². The molecule has 0 spiro atoms. The standard InChI is InChI=1S/C53H95NO8/c1-6-9-12-15-18-21-24-27-30-33-36-40-49(55)59-45-53(48-62-52(58)43-39-44-54(4)5,46-60-50(56)41-37-34-31-28-25-22-19-16-13-10-7-2)47-61-51(57)42-38-35-32-29-26-23-20-17-14-11-8-3/h15-20H,6-14,21-48H2,1-5H3. The third-order valence-corrected chi connectivity index (χ3v) is 11.1. The van der Waals surface area contributed by atoms with E-state index in [-0.39, 0.29) is 70.0 Å². The summed E-state index contributed by atoms with van der Waals surface area (Å²) in [6.45, 7) is 6.58. The van der Waals surface area contributed by atoms with E-state index in [2.05, 4.69) is 57.2 Å². The van der Waals surface area contributed by atoms with E-state index in [1.807, 2.05) is 19.0 Å². The molecule has 0 amide bonds. The Balaban J connectivity index is 5.39. The summed E-state index contributed by atoms with van der Waals surface area (Å²) in [5, 5.41) is 0. The van der Waals surface area contributed by atoms with Crippen molar-refractivity contribution in [2.75, 3.05) is 47.1 Å². The normalized spacial score (nSPS) is 12.7. The van der Waals surface area contributed by atoms with E-state index < -0.39 is 11.4 Å². The molecule has 9 nitrogen and oxygen atoms in total. The molecular formula is C53H95NO8. The highest BCUT2D eigenvalue weighted by molar-refractivity contribution is 5.71. The molecule has 0 aliphatic carbocycles. The molecule has 0 saturated heterocycles. The molecule has 0 N–H and O–H groups in total. The Kier molecular flexibility index (Phi) is 42.5. The molecule has 0 radical (unpaired) electrons. The van der Waals surface area contributed by atoms with Crippen LogP contribution in [0.15, 0.2) is 36.5 Å². The summed E-state index contributed by atoms with van der Waals surface area (Å²) >= 11 is 0. The number of nitrogens with zero attached hydrogens (tertiary/aromatic N) is 1. The number of rotatable bonds is 45. The Morgan fingerprint density at radius 2 is 0.597 bits per heavy atom. The molecule has 0 aromatic heterocycles. The topological polar surface area (TPSA) is 108 Å². The van der Waals surface area contributed by atoms with Crippen molar-refractivity contribution in [3.05, 3.63) is 36.5 Å². The average Bonchev–Trinajstić information content (AvgIpc) is 3.25. The van der Waals surface area contributed by atoms with Gasteiger partial charge in [0.15, 0.2) is 0 Å². The van der Waals surface area contributed by atoms with Crippen molar-refractivity contribution in [2.24, 2.45) is 5.41 Å². The van der Waals surface area contributed by atoms with Crippen molar-refractivity contribution in [3.8, 4) is 0 Å². The Hall–Kier alpha value is -2.94. The van der Waals surface area contributed by atoms with Gasteiger partial charge in [-0.3, -0.25) is 19.2 Å². The average molecular weight is 874 g/mol. The van der Waals surface area contributed by atoms with Gasteiger partial charge in [-0.1, -0.05) is 154 Å². The van der Waals surface area contributed by atoms with E-state index in [0.29, 0.717) is 25.7 Å². The lowest BCUT2D eigenvalue weighted by molar-refractivity contribution is -0.170. The van der Waals surface area contributed by atoms with E-state index in [1.54, 1.807) is 0 Å². The van der Waals surface area contributed by atoms with Crippen LogP contribution in [0.4, 0.5) is 0 Å². The van der Waals surface area contributed by atoms with Gasteiger partial charge in [0.05, 0.1) is 0 Å². The second-order valence-electron chi connectivity index (χ2n) is 17.8. The van der Waals surface area contributed by atoms with Crippen LogP contribution in [0.25, 0.3) is 0 Å². The summed E-state index contributed by atoms with van der Waals surface area (Å²) in [4.78, 5) is 54.1. The van der Waals surface area contributed by atoms with Crippen molar-refractivity contribution in [1.82, 2.24) is 4.90 Å². The van der Waals surface area contributed by atoms with Gasteiger partial charge in [0.2, 0.25) is 0 Å². The van der Waals surface area contributed by atoms with Gasteiger partial charge in [-0.25, -0.2) is 0 Å². The highest BCUT2D eigenvalue weighted by Gasteiger charge is 2.38. The molecule has 0 atom stereocenters. The first-order valence-corrected chi connectivity index (χ1v) is 25.4. The van der Waals surface area contributed by atoms with E-state index >= 15 is 0 Å². The number of ether oxygens (including phenoxy) is 4. The minimum Gasteiger partial charge on any atom is -0.465 e. The summed E-state index contributed by atoms with van der Waals surface area (Å²) in [5.41, 5.74) is -1.22. The molecule has 0 saturated carbocycles. The van der Waals surface area contributed by atoms with Gasteiger partial charge >= 0.3 is 23.9 Å². The van der Waals surface area contributed by atoms with Crippen molar-refractivity contribution in [1.29, 1.82) is 0 Å².